The minimum Gasteiger partial charge on any atom is -0.480 e. The van der Waals surface area contributed by atoms with Gasteiger partial charge in [-0.05, 0) is 31.0 Å². The molecule has 0 unspecified atom stereocenters. The van der Waals surface area contributed by atoms with Gasteiger partial charge in [0.2, 0.25) is 11.8 Å². The third-order valence-corrected chi connectivity index (χ3v) is 5.20. The number of carboxylic acids is 1. The normalized spacial score (nSPS) is 14.1. The van der Waals surface area contributed by atoms with Crippen LogP contribution < -0.4 is 22.1 Å². The number of aromatic amines is 1. The monoisotopic (exact) mass is 435 g/mol. The lowest BCUT2D eigenvalue weighted by molar-refractivity contribution is -0.141. The number of para-hydroxylation sites is 1. The topological polar surface area (TPSA) is 163 Å². The highest BCUT2D eigenvalue weighted by Gasteiger charge is 2.28. The summed E-state index contributed by atoms with van der Waals surface area (Å²) >= 11 is 3.97. The summed E-state index contributed by atoms with van der Waals surface area (Å²) in [6.07, 6.45) is 3.84. The number of carbonyl (C=O) groups excluding carboxylic acids is 2. The first kappa shape index (κ1) is 23.7. The van der Waals surface area contributed by atoms with E-state index in [9.17, 15) is 19.5 Å². The minimum atomic E-state index is -1.20. The zero-order valence-corrected chi connectivity index (χ0v) is 17.5. The maximum atomic E-state index is 12.8. The Bertz CT molecular complexity index is 872. The van der Waals surface area contributed by atoms with Gasteiger partial charge < -0.3 is 32.2 Å². The third-order valence-electron chi connectivity index (χ3n) is 4.84. The van der Waals surface area contributed by atoms with Crippen LogP contribution in [0.5, 0.6) is 0 Å². The molecule has 164 valence electrons. The van der Waals surface area contributed by atoms with Crippen LogP contribution in [0.25, 0.3) is 10.9 Å². The summed E-state index contributed by atoms with van der Waals surface area (Å²) in [5, 5.41) is 15.2. The van der Waals surface area contributed by atoms with Gasteiger partial charge in [0.1, 0.15) is 12.1 Å². The average Bonchev–Trinajstić information content (AvgIpc) is 3.14. The number of carbonyl (C=O) groups is 3. The van der Waals surface area contributed by atoms with E-state index in [1.165, 1.54) is 0 Å². The van der Waals surface area contributed by atoms with Crippen molar-refractivity contribution in [1.29, 1.82) is 0 Å². The van der Waals surface area contributed by atoms with Crippen molar-refractivity contribution in [2.75, 3.05) is 12.3 Å². The molecule has 0 saturated carbocycles. The Morgan fingerprint density at radius 2 is 1.80 bits per heavy atom. The number of amides is 2. The maximum Gasteiger partial charge on any atom is 0.327 e. The number of hydrogen-bond acceptors (Lipinski definition) is 6. The van der Waals surface area contributed by atoms with Crippen molar-refractivity contribution in [1.82, 2.24) is 15.6 Å². The number of aliphatic carboxylic acids is 1. The van der Waals surface area contributed by atoms with E-state index in [1.807, 2.05) is 24.3 Å². The molecule has 2 aromatic rings. The number of unbranched alkanes of at least 4 members (excludes halogenated alkanes) is 1. The van der Waals surface area contributed by atoms with Crippen LogP contribution in [0, 0.1) is 0 Å². The van der Waals surface area contributed by atoms with E-state index in [4.69, 9.17) is 11.5 Å². The number of H-pyrrole nitrogens is 1. The van der Waals surface area contributed by atoms with Crippen LogP contribution in [-0.2, 0) is 20.8 Å². The van der Waals surface area contributed by atoms with Crippen LogP contribution in [0.15, 0.2) is 30.5 Å². The first-order chi connectivity index (χ1) is 14.4. The molecule has 10 heteroatoms. The molecule has 1 aromatic carbocycles. The second-order valence-corrected chi connectivity index (χ2v) is 7.46. The fourth-order valence-corrected chi connectivity index (χ4v) is 3.35. The fraction of sp³-hybridized carbons (Fsp3) is 0.450. The van der Waals surface area contributed by atoms with Gasteiger partial charge in [-0.1, -0.05) is 24.6 Å². The fourth-order valence-electron chi connectivity index (χ4n) is 3.11. The van der Waals surface area contributed by atoms with Crippen molar-refractivity contribution < 1.29 is 19.5 Å². The number of rotatable bonds is 12. The molecule has 8 N–H and O–H groups in total. The molecule has 1 heterocycles. The Hall–Kier alpha value is -2.56. The summed E-state index contributed by atoms with van der Waals surface area (Å²) in [7, 11) is 0. The van der Waals surface area contributed by atoms with E-state index in [2.05, 4.69) is 28.2 Å². The van der Waals surface area contributed by atoms with Gasteiger partial charge in [-0.3, -0.25) is 9.59 Å². The lowest BCUT2D eigenvalue weighted by Crippen LogP contribution is -2.55. The van der Waals surface area contributed by atoms with E-state index in [-0.39, 0.29) is 12.2 Å². The molecule has 2 amide bonds. The number of nitrogens with one attached hydrogen (secondary N) is 3. The highest BCUT2D eigenvalue weighted by Crippen LogP contribution is 2.19. The number of carboxylic acid groups (broad SMARTS) is 1. The second kappa shape index (κ2) is 11.6. The lowest BCUT2D eigenvalue weighted by Gasteiger charge is -2.22. The van der Waals surface area contributed by atoms with Crippen molar-refractivity contribution in [3.05, 3.63) is 36.0 Å². The van der Waals surface area contributed by atoms with Crippen LogP contribution in [0.2, 0.25) is 0 Å². The molecule has 9 nitrogen and oxygen atoms in total. The van der Waals surface area contributed by atoms with Crippen LogP contribution in [0.1, 0.15) is 24.8 Å². The molecule has 0 aliphatic rings. The van der Waals surface area contributed by atoms with Crippen molar-refractivity contribution in [2.24, 2.45) is 11.5 Å². The van der Waals surface area contributed by atoms with Gasteiger partial charge >= 0.3 is 5.97 Å². The van der Waals surface area contributed by atoms with E-state index in [0.717, 1.165) is 22.9 Å². The standard InChI is InChI=1S/C20H29N5O4S/c21-8-4-3-6-14(22)18(26)24-16(19(27)25-17(11-30)20(28)29)9-12-10-23-15-7-2-1-5-13(12)15/h1-2,5,7,10,14,16-17,23,30H,3-4,6,8-9,11,21-22H2,(H,24,26)(H,25,27)(H,28,29)/t14-,16-,17-/m0/s1. The van der Waals surface area contributed by atoms with Gasteiger partial charge in [0, 0.05) is 29.3 Å². The van der Waals surface area contributed by atoms with Crippen molar-refractivity contribution in [2.45, 2.75) is 43.8 Å². The summed E-state index contributed by atoms with van der Waals surface area (Å²) in [6, 6.07) is 4.64. The molecule has 0 saturated heterocycles. The molecule has 0 radical (unpaired) electrons. The quantitative estimate of drug-likeness (QED) is 0.185. The number of thiol groups is 1. The van der Waals surface area contributed by atoms with Gasteiger partial charge in [-0.15, -0.1) is 0 Å². The number of aromatic nitrogens is 1. The third kappa shape index (κ3) is 6.48. The Kier molecular flexibility index (Phi) is 9.15. The number of fused-ring (bicyclic) bond motifs is 1. The van der Waals surface area contributed by atoms with Crippen LogP contribution in [-0.4, -0.2) is 58.3 Å². The molecule has 0 aliphatic heterocycles. The van der Waals surface area contributed by atoms with Crippen LogP contribution in [0.4, 0.5) is 0 Å². The Labute approximate surface area is 180 Å². The average molecular weight is 436 g/mol. The number of hydrogen-bond donors (Lipinski definition) is 7. The SMILES string of the molecule is NCCCC[C@H](N)C(=O)N[C@@H](Cc1c[nH]c2ccccc12)C(=O)N[C@@H](CS)C(=O)O. The minimum absolute atomic E-state index is 0.0760. The molecule has 1 aromatic heterocycles. The molecule has 0 spiro atoms. The molecular weight excluding hydrogens is 406 g/mol. The highest BCUT2D eigenvalue weighted by atomic mass is 32.1. The smallest absolute Gasteiger partial charge is 0.327 e. The van der Waals surface area contributed by atoms with E-state index in [1.54, 1.807) is 6.20 Å². The van der Waals surface area contributed by atoms with E-state index in [0.29, 0.717) is 19.4 Å². The summed E-state index contributed by atoms with van der Waals surface area (Å²) in [5.41, 5.74) is 13.1. The van der Waals surface area contributed by atoms with Gasteiger partial charge in [0.15, 0.2) is 0 Å². The predicted octanol–water partition coefficient (Wildman–Crippen LogP) is 0.151. The molecule has 0 aliphatic carbocycles. The maximum absolute atomic E-state index is 12.8. The van der Waals surface area contributed by atoms with Gasteiger partial charge in [0.05, 0.1) is 6.04 Å². The zero-order chi connectivity index (χ0) is 22.1. The zero-order valence-electron chi connectivity index (χ0n) is 16.6. The molecule has 0 fully saturated rings. The largest absolute Gasteiger partial charge is 0.480 e. The highest BCUT2D eigenvalue weighted by molar-refractivity contribution is 7.80. The van der Waals surface area contributed by atoms with Crippen molar-refractivity contribution >= 4 is 41.3 Å². The molecule has 2 rings (SSSR count). The van der Waals surface area contributed by atoms with Gasteiger partial charge in [0.25, 0.3) is 0 Å². The summed E-state index contributed by atoms with van der Waals surface area (Å²) in [5.74, 6) is -2.35. The first-order valence-corrected chi connectivity index (χ1v) is 10.5. The van der Waals surface area contributed by atoms with Crippen molar-refractivity contribution in [3.63, 3.8) is 0 Å². The van der Waals surface area contributed by atoms with E-state index >= 15 is 0 Å². The molecule has 30 heavy (non-hydrogen) atoms. The Morgan fingerprint density at radius 1 is 1.10 bits per heavy atom. The van der Waals surface area contributed by atoms with E-state index < -0.39 is 35.9 Å². The summed E-state index contributed by atoms with van der Waals surface area (Å²) in [6.45, 7) is 0.514. The first-order valence-electron chi connectivity index (χ1n) is 9.82. The summed E-state index contributed by atoms with van der Waals surface area (Å²) < 4.78 is 0. The molecule has 0 bridgehead atoms. The molecular formula is C20H29N5O4S. The number of benzene rings is 1. The Balaban J connectivity index is 2.17. The van der Waals surface area contributed by atoms with Crippen molar-refractivity contribution in [3.8, 4) is 0 Å². The van der Waals surface area contributed by atoms with Gasteiger partial charge in [-0.2, -0.15) is 12.6 Å². The summed E-state index contributed by atoms with van der Waals surface area (Å²) in [4.78, 5) is 39.8. The van der Waals surface area contributed by atoms with Crippen LogP contribution in [0.3, 0.4) is 0 Å². The lowest BCUT2D eigenvalue weighted by atomic mass is 10.0. The predicted molar refractivity (Wildman–Crippen MR) is 118 cm³/mol. The molecule has 3 atom stereocenters. The Morgan fingerprint density at radius 3 is 2.47 bits per heavy atom. The van der Waals surface area contributed by atoms with Crippen LogP contribution >= 0.6 is 12.6 Å². The number of nitrogens with two attached hydrogens (primary N) is 2. The second-order valence-electron chi connectivity index (χ2n) is 7.10. The van der Waals surface area contributed by atoms with Gasteiger partial charge in [-0.25, -0.2) is 4.79 Å².